The van der Waals surface area contributed by atoms with Gasteiger partial charge >= 0.3 is 0 Å². The smallest absolute Gasteiger partial charge is 0.221 e. The van der Waals surface area contributed by atoms with E-state index in [4.69, 9.17) is 11.5 Å². The molecule has 0 fully saturated rings. The number of fused-ring (bicyclic) bond motifs is 1. The van der Waals surface area contributed by atoms with Crippen molar-refractivity contribution >= 4 is 22.6 Å². The number of carbonyl (C=O) groups is 1. The molecule has 0 atom stereocenters. The second kappa shape index (κ2) is 4.70. The van der Waals surface area contributed by atoms with Crippen LogP contribution in [0.3, 0.4) is 0 Å². The van der Waals surface area contributed by atoms with E-state index in [9.17, 15) is 4.79 Å². The number of anilines is 1. The molecule has 0 bridgehead atoms. The van der Waals surface area contributed by atoms with Crippen molar-refractivity contribution in [2.24, 2.45) is 5.73 Å². The lowest BCUT2D eigenvalue weighted by Gasteiger charge is -1.98. The zero-order valence-electron chi connectivity index (χ0n) is 10.8. The summed E-state index contributed by atoms with van der Waals surface area (Å²) in [7, 11) is 0. The lowest BCUT2D eigenvalue weighted by molar-refractivity contribution is -0.117. The first-order chi connectivity index (χ1) is 9.63. The van der Waals surface area contributed by atoms with Gasteiger partial charge in [-0.05, 0) is 35.9 Å². The fourth-order valence-corrected chi connectivity index (χ4v) is 2.20. The van der Waals surface area contributed by atoms with Crippen molar-refractivity contribution in [2.45, 2.75) is 6.42 Å². The van der Waals surface area contributed by atoms with Crippen LogP contribution in [0.4, 0.5) is 5.69 Å². The Balaban J connectivity index is 2.10. The molecule has 5 heteroatoms. The van der Waals surface area contributed by atoms with Gasteiger partial charge in [0, 0.05) is 11.3 Å². The van der Waals surface area contributed by atoms with E-state index in [1.807, 2.05) is 42.5 Å². The van der Waals surface area contributed by atoms with E-state index in [-0.39, 0.29) is 12.3 Å². The number of carbonyl (C=O) groups excluding carboxylic acids is 1. The Morgan fingerprint density at radius 2 is 1.90 bits per heavy atom. The first-order valence-electron chi connectivity index (χ1n) is 6.25. The van der Waals surface area contributed by atoms with Gasteiger partial charge in [-0.2, -0.15) is 0 Å². The zero-order valence-corrected chi connectivity index (χ0v) is 10.8. The first kappa shape index (κ1) is 12.2. The van der Waals surface area contributed by atoms with Gasteiger partial charge in [0.25, 0.3) is 0 Å². The number of nitrogens with two attached hydrogens (primary N) is 2. The van der Waals surface area contributed by atoms with Gasteiger partial charge in [-0.25, -0.2) is 4.98 Å². The Morgan fingerprint density at radius 3 is 2.60 bits per heavy atom. The van der Waals surface area contributed by atoms with Crippen molar-refractivity contribution in [3.8, 4) is 11.4 Å². The van der Waals surface area contributed by atoms with Crippen LogP contribution in [0.25, 0.3) is 22.4 Å². The number of benzene rings is 2. The Kier molecular flexibility index (Phi) is 2.87. The Hall–Kier alpha value is -2.82. The molecule has 5 nitrogen and oxygen atoms in total. The van der Waals surface area contributed by atoms with E-state index in [0.29, 0.717) is 5.69 Å². The normalized spacial score (nSPS) is 10.8. The van der Waals surface area contributed by atoms with Crippen LogP contribution in [0.15, 0.2) is 42.5 Å². The molecule has 0 spiro atoms. The van der Waals surface area contributed by atoms with Crippen LogP contribution in [0.2, 0.25) is 0 Å². The van der Waals surface area contributed by atoms with Crippen LogP contribution in [0, 0.1) is 0 Å². The minimum atomic E-state index is -0.366. The SMILES string of the molecule is NC(=O)Cc1cccc2[nH]c(-c3ccc(N)cc3)nc12. The largest absolute Gasteiger partial charge is 0.399 e. The molecular weight excluding hydrogens is 252 g/mol. The summed E-state index contributed by atoms with van der Waals surface area (Å²) in [6, 6.07) is 13.1. The maximum Gasteiger partial charge on any atom is 0.221 e. The molecule has 0 saturated heterocycles. The summed E-state index contributed by atoms with van der Waals surface area (Å²) in [5.74, 6) is 0.381. The fourth-order valence-electron chi connectivity index (χ4n) is 2.20. The summed E-state index contributed by atoms with van der Waals surface area (Å²) >= 11 is 0. The fraction of sp³-hybridized carbons (Fsp3) is 0.0667. The second-order valence-electron chi connectivity index (χ2n) is 4.66. The molecule has 0 unspecified atom stereocenters. The number of amides is 1. The van der Waals surface area contributed by atoms with Gasteiger partial charge in [0.1, 0.15) is 5.82 Å². The molecule has 0 aliphatic heterocycles. The number of nitrogens with zero attached hydrogens (tertiary/aromatic N) is 1. The van der Waals surface area contributed by atoms with E-state index < -0.39 is 0 Å². The summed E-state index contributed by atoms with van der Waals surface area (Å²) in [6.45, 7) is 0. The minimum Gasteiger partial charge on any atom is -0.399 e. The van der Waals surface area contributed by atoms with Crippen LogP contribution in [-0.4, -0.2) is 15.9 Å². The van der Waals surface area contributed by atoms with Crippen LogP contribution < -0.4 is 11.5 Å². The molecule has 3 rings (SSSR count). The number of aromatic amines is 1. The molecule has 1 heterocycles. The Morgan fingerprint density at radius 1 is 1.15 bits per heavy atom. The van der Waals surface area contributed by atoms with Crippen molar-refractivity contribution in [1.29, 1.82) is 0 Å². The Bertz CT molecular complexity index is 774. The Labute approximate surface area is 115 Å². The van der Waals surface area contributed by atoms with E-state index >= 15 is 0 Å². The minimum absolute atomic E-state index is 0.184. The number of hydrogen-bond donors (Lipinski definition) is 3. The number of para-hydroxylation sites is 1. The van der Waals surface area contributed by atoms with Crippen LogP contribution in [0.1, 0.15) is 5.56 Å². The highest BCUT2D eigenvalue weighted by Gasteiger charge is 2.10. The molecule has 0 aliphatic rings. The van der Waals surface area contributed by atoms with Gasteiger partial charge in [0.05, 0.1) is 17.5 Å². The van der Waals surface area contributed by atoms with Crippen molar-refractivity contribution in [3.05, 3.63) is 48.0 Å². The van der Waals surface area contributed by atoms with Gasteiger partial charge in [-0.15, -0.1) is 0 Å². The van der Waals surface area contributed by atoms with Crippen molar-refractivity contribution in [2.75, 3.05) is 5.73 Å². The number of hydrogen-bond acceptors (Lipinski definition) is 3. The number of primary amides is 1. The highest BCUT2D eigenvalue weighted by molar-refractivity contribution is 5.87. The molecular formula is C15H14N4O. The van der Waals surface area contributed by atoms with Gasteiger partial charge < -0.3 is 16.5 Å². The lowest BCUT2D eigenvalue weighted by Crippen LogP contribution is -2.13. The highest BCUT2D eigenvalue weighted by atomic mass is 16.1. The maximum absolute atomic E-state index is 11.1. The number of nitrogen functional groups attached to an aromatic ring is 1. The summed E-state index contributed by atoms with van der Waals surface area (Å²) in [5.41, 5.74) is 15.1. The van der Waals surface area contributed by atoms with Gasteiger partial charge in [-0.1, -0.05) is 12.1 Å². The lowest BCUT2D eigenvalue weighted by atomic mass is 10.1. The third-order valence-corrected chi connectivity index (χ3v) is 3.15. The quantitative estimate of drug-likeness (QED) is 0.631. The second-order valence-corrected chi connectivity index (χ2v) is 4.66. The van der Waals surface area contributed by atoms with Crippen LogP contribution in [0.5, 0.6) is 0 Å². The number of nitrogens with one attached hydrogen (secondary N) is 1. The topological polar surface area (TPSA) is 97.8 Å². The summed E-state index contributed by atoms with van der Waals surface area (Å²) < 4.78 is 0. The van der Waals surface area contributed by atoms with Crippen LogP contribution >= 0.6 is 0 Å². The number of rotatable bonds is 3. The zero-order chi connectivity index (χ0) is 14.1. The highest BCUT2D eigenvalue weighted by Crippen LogP contribution is 2.23. The van der Waals surface area contributed by atoms with E-state index in [0.717, 1.165) is 28.0 Å². The maximum atomic E-state index is 11.1. The summed E-state index contributed by atoms with van der Waals surface area (Å²) in [4.78, 5) is 18.9. The standard InChI is InChI=1S/C15H14N4O/c16-11-6-4-9(5-7-11)15-18-12-3-1-2-10(8-13(17)20)14(12)19-15/h1-7H,8,16H2,(H2,17,20)(H,18,19). The predicted octanol–water partition coefficient (Wildman–Crippen LogP) is 1.84. The first-order valence-corrected chi connectivity index (χ1v) is 6.25. The molecule has 1 aromatic heterocycles. The van der Waals surface area contributed by atoms with Gasteiger partial charge in [-0.3, -0.25) is 4.79 Å². The number of H-pyrrole nitrogens is 1. The van der Waals surface area contributed by atoms with Gasteiger partial charge in [0.15, 0.2) is 0 Å². The predicted molar refractivity (Wildman–Crippen MR) is 78.8 cm³/mol. The van der Waals surface area contributed by atoms with E-state index in [2.05, 4.69) is 9.97 Å². The van der Waals surface area contributed by atoms with E-state index in [1.165, 1.54) is 0 Å². The van der Waals surface area contributed by atoms with Crippen molar-refractivity contribution in [1.82, 2.24) is 9.97 Å². The molecule has 20 heavy (non-hydrogen) atoms. The monoisotopic (exact) mass is 266 g/mol. The molecule has 0 radical (unpaired) electrons. The molecule has 2 aromatic carbocycles. The molecule has 0 aliphatic carbocycles. The van der Waals surface area contributed by atoms with E-state index in [1.54, 1.807) is 0 Å². The average molecular weight is 266 g/mol. The van der Waals surface area contributed by atoms with Crippen molar-refractivity contribution < 1.29 is 4.79 Å². The van der Waals surface area contributed by atoms with Crippen LogP contribution in [-0.2, 0) is 11.2 Å². The third-order valence-electron chi connectivity index (χ3n) is 3.15. The number of imidazole rings is 1. The average Bonchev–Trinajstić information content (AvgIpc) is 2.84. The number of aromatic nitrogens is 2. The molecule has 5 N–H and O–H groups in total. The summed E-state index contributed by atoms with van der Waals surface area (Å²) in [6.07, 6.45) is 0.184. The molecule has 0 saturated carbocycles. The van der Waals surface area contributed by atoms with Crippen molar-refractivity contribution in [3.63, 3.8) is 0 Å². The molecule has 3 aromatic rings. The molecule has 100 valence electrons. The summed E-state index contributed by atoms with van der Waals surface area (Å²) in [5, 5.41) is 0. The third kappa shape index (κ3) is 2.21. The van der Waals surface area contributed by atoms with Gasteiger partial charge in [0.2, 0.25) is 5.91 Å². The molecule has 1 amide bonds.